The fraction of sp³-hybridized carbons (Fsp3) is 0.462. The standard InChI is InChI=1S/C11H12FN.C2H6/c1-7(2)11-9(6-13)4-8(3)5-10(11)12;1-2/h4-5,7H,1-3H3;1-2H3. The number of hydrogen-bond donors (Lipinski definition) is 0. The molecular formula is C13H18FN. The monoisotopic (exact) mass is 207 g/mol. The SMILES string of the molecule is CC.Cc1cc(F)c(C(C)C)c(C#N)c1. The van der Waals surface area contributed by atoms with Gasteiger partial charge in [0.25, 0.3) is 0 Å². The molecule has 0 unspecified atom stereocenters. The van der Waals surface area contributed by atoms with Gasteiger partial charge in [0, 0.05) is 5.56 Å². The lowest BCUT2D eigenvalue weighted by molar-refractivity contribution is 0.596. The summed E-state index contributed by atoms with van der Waals surface area (Å²) in [6.07, 6.45) is 0. The summed E-state index contributed by atoms with van der Waals surface area (Å²) in [5.74, 6) is -0.221. The molecule has 1 aromatic carbocycles. The number of aryl methyl sites for hydroxylation is 1. The summed E-state index contributed by atoms with van der Waals surface area (Å²) in [4.78, 5) is 0. The maximum Gasteiger partial charge on any atom is 0.128 e. The first-order valence-corrected chi connectivity index (χ1v) is 5.26. The molecule has 0 aromatic heterocycles. The molecule has 0 fully saturated rings. The third kappa shape index (κ3) is 3.36. The van der Waals surface area contributed by atoms with Crippen LogP contribution in [0.1, 0.15) is 50.3 Å². The highest BCUT2D eigenvalue weighted by Gasteiger charge is 2.12. The molecule has 0 atom stereocenters. The van der Waals surface area contributed by atoms with Crippen molar-refractivity contribution in [3.8, 4) is 6.07 Å². The predicted octanol–water partition coefficient (Wildman–Crippen LogP) is 4.16. The average Bonchev–Trinajstić information content (AvgIpc) is 2.18. The van der Waals surface area contributed by atoms with Crippen LogP contribution in [-0.4, -0.2) is 0 Å². The van der Waals surface area contributed by atoms with E-state index in [1.54, 1.807) is 13.0 Å². The first kappa shape index (κ1) is 13.6. The summed E-state index contributed by atoms with van der Waals surface area (Å²) in [5, 5.41) is 8.80. The van der Waals surface area contributed by atoms with Crippen LogP contribution in [0.2, 0.25) is 0 Å². The van der Waals surface area contributed by atoms with E-state index in [0.717, 1.165) is 5.56 Å². The molecule has 0 aliphatic heterocycles. The summed E-state index contributed by atoms with van der Waals surface area (Å²) in [6.45, 7) is 9.55. The van der Waals surface area contributed by atoms with Crippen molar-refractivity contribution in [2.45, 2.75) is 40.5 Å². The maximum absolute atomic E-state index is 13.4. The molecule has 0 spiro atoms. The molecule has 0 N–H and O–H groups in total. The Hall–Kier alpha value is -1.36. The van der Waals surface area contributed by atoms with Crippen molar-refractivity contribution >= 4 is 0 Å². The maximum atomic E-state index is 13.4. The lowest BCUT2D eigenvalue weighted by atomic mass is 9.95. The number of rotatable bonds is 1. The summed E-state index contributed by atoms with van der Waals surface area (Å²) in [5.41, 5.74) is 1.76. The molecule has 0 saturated heterocycles. The zero-order chi connectivity index (χ0) is 12.0. The second kappa shape index (κ2) is 6.19. The van der Waals surface area contributed by atoms with Crippen molar-refractivity contribution in [1.82, 2.24) is 0 Å². The van der Waals surface area contributed by atoms with Gasteiger partial charge in [-0.05, 0) is 30.5 Å². The van der Waals surface area contributed by atoms with E-state index in [1.165, 1.54) is 6.07 Å². The van der Waals surface area contributed by atoms with Gasteiger partial charge in [-0.3, -0.25) is 0 Å². The van der Waals surface area contributed by atoms with Gasteiger partial charge in [-0.25, -0.2) is 4.39 Å². The molecule has 0 amide bonds. The van der Waals surface area contributed by atoms with Crippen LogP contribution >= 0.6 is 0 Å². The van der Waals surface area contributed by atoms with Crippen molar-refractivity contribution in [2.24, 2.45) is 0 Å². The Morgan fingerprint density at radius 1 is 1.27 bits per heavy atom. The van der Waals surface area contributed by atoms with Crippen LogP contribution in [0.5, 0.6) is 0 Å². The molecule has 0 aliphatic rings. The van der Waals surface area contributed by atoms with Gasteiger partial charge < -0.3 is 0 Å². The van der Waals surface area contributed by atoms with E-state index >= 15 is 0 Å². The molecule has 0 aliphatic carbocycles. The van der Waals surface area contributed by atoms with Crippen LogP contribution in [0.25, 0.3) is 0 Å². The average molecular weight is 207 g/mol. The molecule has 15 heavy (non-hydrogen) atoms. The van der Waals surface area contributed by atoms with Crippen molar-refractivity contribution in [3.63, 3.8) is 0 Å². The van der Waals surface area contributed by atoms with E-state index in [4.69, 9.17) is 5.26 Å². The van der Waals surface area contributed by atoms with Crippen molar-refractivity contribution in [1.29, 1.82) is 5.26 Å². The molecule has 2 heteroatoms. The summed E-state index contributed by atoms with van der Waals surface area (Å²) >= 11 is 0. The molecule has 82 valence electrons. The van der Waals surface area contributed by atoms with E-state index in [2.05, 4.69) is 0 Å². The molecule has 1 aromatic rings. The lowest BCUT2D eigenvalue weighted by Gasteiger charge is -2.09. The fourth-order valence-corrected chi connectivity index (χ4v) is 1.43. The van der Waals surface area contributed by atoms with Crippen LogP contribution in [0.3, 0.4) is 0 Å². The second-order valence-electron chi connectivity index (χ2n) is 3.47. The normalized spacial score (nSPS) is 9.20. The number of nitriles is 1. The molecular weight excluding hydrogens is 189 g/mol. The first-order chi connectivity index (χ1) is 7.06. The molecule has 1 rings (SSSR count). The highest BCUT2D eigenvalue weighted by Crippen LogP contribution is 2.23. The second-order valence-corrected chi connectivity index (χ2v) is 3.47. The van der Waals surface area contributed by atoms with E-state index in [9.17, 15) is 4.39 Å². The molecule has 1 nitrogen and oxygen atoms in total. The van der Waals surface area contributed by atoms with E-state index in [1.807, 2.05) is 33.8 Å². The number of nitrogens with zero attached hydrogens (tertiary/aromatic N) is 1. The number of hydrogen-bond acceptors (Lipinski definition) is 1. The van der Waals surface area contributed by atoms with Crippen LogP contribution in [0.4, 0.5) is 4.39 Å². The Bertz CT molecular complexity index is 362. The Kier molecular flexibility index (Phi) is 5.62. The Morgan fingerprint density at radius 3 is 2.20 bits per heavy atom. The topological polar surface area (TPSA) is 23.8 Å². The quantitative estimate of drug-likeness (QED) is 0.678. The zero-order valence-electron chi connectivity index (χ0n) is 10.1. The fourth-order valence-electron chi connectivity index (χ4n) is 1.43. The summed E-state index contributed by atoms with van der Waals surface area (Å²) < 4.78 is 13.4. The molecule has 0 bridgehead atoms. The third-order valence-corrected chi connectivity index (χ3v) is 1.97. The lowest BCUT2D eigenvalue weighted by Crippen LogP contribution is -1.98. The summed E-state index contributed by atoms with van der Waals surface area (Å²) in [7, 11) is 0. The first-order valence-electron chi connectivity index (χ1n) is 5.26. The number of halogens is 1. The van der Waals surface area contributed by atoms with Gasteiger partial charge in [0.1, 0.15) is 5.82 Å². The van der Waals surface area contributed by atoms with Crippen molar-refractivity contribution in [3.05, 3.63) is 34.6 Å². The van der Waals surface area contributed by atoms with Gasteiger partial charge in [0.05, 0.1) is 11.6 Å². The highest BCUT2D eigenvalue weighted by molar-refractivity contribution is 5.42. The Morgan fingerprint density at radius 2 is 1.80 bits per heavy atom. The van der Waals surface area contributed by atoms with Crippen LogP contribution in [-0.2, 0) is 0 Å². The largest absolute Gasteiger partial charge is 0.207 e. The van der Waals surface area contributed by atoms with Crippen molar-refractivity contribution < 1.29 is 4.39 Å². The molecule has 0 radical (unpaired) electrons. The van der Waals surface area contributed by atoms with Crippen LogP contribution in [0, 0.1) is 24.1 Å². The zero-order valence-corrected chi connectivity index (χ0v) is 10.1. The van der Waals surface area contributed by atoms with E-state index < -0.39 is 0 Å². The van der Waals surface area contributed by atoms with Gasteiger partial charge in [-0.2, -0.15) is 5.26 Å². The number of benzene rings is 1. The van der Waals surface area contributed by atoms with Crippen LogP contribution < -0.4 is 0 Å². The smallest absolute Gasteiger partial charge is 0.128 e. The van der Waals surface area contributed by atoms with Gasteiger partial charge in [0.2, 0.25) is 0 Å². The summed E-state index contributed by atoms with van der Waals surface area (Å²) in [6, 6.07) is 5.21. The Balaban J connectivity index is 0.000000921. The van der Waals surface area contributed by atoms with Crippen LogP contribution in [0.15, 0.2) is 12.1 Å². The predicted molar refractivity (Wildman–Crippen MR) is 61.3 cm³/mol. The van der Waals surface area contributed by atoms with Gasteiger partial charge in [-0.1, -0.05) is 27.7 Å². The minimum Gasteiger partial charge on any atom is -0.207 e. The van der Waals surface area contributed by atoms with Gasteiger partial charge >= 0.3 is 0 Å². The molecule has 0 heterocycles. The third-order valence-electron chi connectivity index (χ3n) is 1.97. The highest BCUT2D eigenvalue weighted by atomic mass is 19.1. The molecule has 0 saturated carbocycles. The van der Waals surface area contributed by atoms with Gasteiger partial charge in [0.15, 0.2) is 0 Å². The van der Waals surface area contributed by atoms with Crippen molar-refractivity contribution in [2.75, 3.05) is 0 Å². The van der Waals surface area contributed by atoms with E-state index in [0.29, 0.717) is 11.1 Å². The van der Waals surface area contributed by atoms with E-state index in [-0.39, 0.29) is 11.7 Å². The minimum absolute atomic E-state index is 0.0512. The van der Waals surface area contributed by atoms with Gasteiger partial charge in [-0.15, -0.1) is 0 Å². The minimum atomic E-state index is -0.272. The Labute approximate surface area is 91.5 Å².